The Morgan fingerprint density at radius 3 is 2.91 bits per heavy atom. The third kappa shape index (κ3) is 3.48. The molecule has 0 aliphatic carbocycles. The Morgan fingerprint density at radius 2 is 2.23 bits per heavy atom. The van der Waals surface area contributed by atoms with Crippen LogP contribution in [0.4, 0.5) is 0 Å². The molecule has 1 unspecified atom stereocenters. The maximum atomic E-state index is 12.4. The van der Waals surface area contributed by atoms with Gasteiger partial charge in [0.2, 0.25) is 10.0 Å². The highest BCUT2D eigenvalue weighted by Crippen LogP contribution is 2.25. The Kier molecular flexibility index (Phi) is 4.76. The summed E-state index contributed by atoms with van der Waals surface area (Å²) in [6.45, 7) is 1.91. The van der Waals surface area contributed by atoms with Crippen LogP contribution >= 0.6 is 0 Å². The summed E-state index contributed by atoms with van der Waals surface area (Å²) in [6.07, 6.45) is 4.95. The van der Waals surface area contributed by atoms with E-state index in [1.807, 2.05) is 0 Å². The van der Waals surface area contributed by atoms with Crippen molar-refractivity contribution >= 4 is 10.0 Å². The number of aliphatic hydroxyl groups excluding tert-OH is 1. The summed E-state index contributed by atoms with van der Waals surface area (Å²) in [5, 5.41) is 17.6. The molecule has 2 saturated heterocycles. The predicted molar refractivity (Wildman–Crippen MR) is 78.6 cm³/mol. The maximum Gasteiger partial charge on any atom is 0.214 e. The van der Waals surface area contributed by atoms with Crippen molar-refractivity contribution < 1.29 is 18.3 Å². The van der Waals surface area contributed by atoms with Gasteiger partial charge in [-0.1, -0.05) is 5.21 Å². The van der Waals surface area contributed by atoms with Crippen LogP contribution in [-0.4, -0.2) is 71.0 Å². The molecule has 0 aromatic carbocycles. The van der Waals surface area contributed by atoms with Gasteiger partial charge in [-0.3, -0.25) is 0 Å². The predicted octanol–water partition coefficient (Wildman–Crippen LogP) is -0.358. The molecule has 1 aromatic rings. The van der Waals surface area contributed by atoms with E-state index in [0.29, 0.717) is 12.3 Å². The number of hydrogen-bond donors (Lipinski definition) is 1. The quantitative estimate of drug-likeness (QED) is 0.765. The van der Waals surface area contributed by atoms with Gasteiger partial charge >= 0.3 is 0 Å². The van der Waals surface area contributed by atoms with Crippen molar-refractivity contribution in [2.24, 2.45) is 5.92 Å². The molecule has 3 atom stereocenters. The number of sulfonamides is 1. The van der Waals surface area contributed by atoms with Gasteiger partial charge in [0, 0.05) is 32.5 Å². The van der Waals surface area contributed by atoms with E-state index >= 15 is 0 Å². The van der Waals surface area contributed by atoms with Crippen molar-refractivity contribution in [3.63, 3.8) is 0 Å². The number of ether oxygens (including phenoxy) is 1. The van der Waals surface area contributed by atoms with Gasteiger partial charge in [0.05, 0.1) is 24.1 Å². The Bertz CT molecular complexity index is 571. The molecule has 3 rings (SSSR count). The number of β-amino-alcohol motifs (C(OH)–C–C–N with tert-alkyl or cyclic N) is 1. The Balaban J connectivity index is 1.54. The van der Waals surface area contributed by atoms with Crippen LogP contribution in [0, 0.1) is 5.92 Å². The second-order valence-corrected chi connectivity index (χ2v) is 8.11. The monoisotopic (exact) mass is 330 g/mol. The van der Waals surface area contributed by atoms with Gasteiger partial charge < -0.3 is 9.84 Å². The van der Waals surface area contributed by atoms with E-state index < -0.39 is 16.1 Å². The first-order valence-corrected chi connectivity index (χ1v) is 9.26. The number of nitrogens with zero attached hydrogens (tertiary/aromatic N) is 4. The topological polar surface area (TPSA) is 97.6 Å². The second-order valence-electron chi connectivity index (χ2n) is 6.02. The van der Waals surface area contributed by atoms with Crippen LogP contribution in [0.15, 0.2) is 12.4 Å². The standard InChI is InChI=1S/C13H22N4O4S/c18-13-9-16(8-12(13)17-5-4-14-15-17)22(19,20)7-1-2-11-3-6-21-10-11/h4-5,11-13,18H,1-3,6-10H2/t11?,12-,13-/m1/s1. The summed E-state index contributed by atoms with van der Waals surface area (Å²) < 4.78 is 33.0. The van der Waals surface area contributed by atoms with Crippen LogP contribution in [0.1, 0.15) is 25.3 Å². The highest BCUT2D eigenvalue weighted by atomic mass is 32.2. The first kappa shape index (κ1) is 15.9. The smallest absolute Gasteiger partial charge is 0.214 e. The molecule has 2 fully saturated rings. The molecule has 22 heavy (non-hydrogen) atoms. The average Bonchev–Trinajstić information content (AvgIpc) is 3.18. The van der Waals surface area contributed by atoms with Gasteiger partial charge in [-0.15, -0.1) is 5.10 Å². The SMILES string of the molecule is O=S(=O)(CCCC1CCOC1)N1C[C@@H](O)[C@H](n2ccnn2)C1. The lowest BCUT2D eigenvalue weighted by atomic mass is 10.0. The van der Waals surface area contributed by atoms with Crippen molar-refractivity contribution in [2.45, 2.75) is 31.4 Å². The fourth-order valence-corrected chi connectivity index (χ4v) is 4.66. The van der Waals surface area contributed by atoms with Crippen LogP contribution in [0.3, 0.4) is 0 Å². The van der Waals surface area contributed by atoms with Crippen molar-refractivity contribution in [3.05, 3.63) is 12.4 Å². The zero-order valence-corrected chi connectivity index (χ0v) is 13.2. The van der Waals surface area contributed by atoms with Gasteiger partial charge in [-0.25, -0.2) is 13.1 Å². The van der Waals surface area contributed by atoms with Gasteiger partial charge in [-0.05, 0) is 25.2 Å². The second kappa shape index (κ2) is 6.61. The summed E-state index contributed by atoms with van der Waals surface area (Å²) >= 11 is 0. The molecule has 0 amide bonds. The van der Waals surface area contributed by atoms with Crippen molar-refractivity contribution in [2.75, 3.05) is 32.1 Å². The van der Waals surface area contributed by atoms with Crippen molar-refractivity contribution in [3.8, 4) is 0 Å². The van der Waals surface area contributed by atoms with E-state index in [-0.39, 0.29) is 24.9 Å². The van der Waals surface area contributed by atoms with E-state index in [9.17, 15) is 13.5 Å². The highest BCUT2D eigenvalue weighted by Gasteiger charge is 2.39. The summed E-state index contributed by atoms with van der Waals surface area (Å²) in [7, 11) is -3.34. The minimum atomic E-state index is -3.34. The fraction of sp³-hybridized carbons (Fsp3) is 0.846. The lowest BCUT2D eigenvalue weighted by molar-refractivity contribution is 0.142. The molecule has 0 radical (unpaired) electrons. The number of rotatable bonds is 6. The molecule has 0 saturated carbocycles. The number of hydrogen-bond acceptors (Lipinski definition) is 6. The Labute approximate surface area is 130 Å². The molecule has 2 aliphatic rings. The molecule has 1 N–H and O–H groups in total. The molecule has 9 heteroatoms. The summed E-state index contributed by atoms with van der Waals surface area (Å²) in [5.74, 6) is 0.614. The normalized spacial score (nSPS) is 30.1. The van der Waals surface area contributed by atoms with Crippen molar-refractivity contribution in [1.29, 1.82) is 0 Å². The average molecular weight is 330 g/mol. The zero-order chi connectivity index (χ0) is 15.6. The van der Waals surface area contributed by atoms with Crippen LogP contribution in [0.25, 0.3) is 0 Å². The largest absolute Gasteiger partial charge is 0.389 e. The van der Waals surface area contributed by atoms with Crippen LogP contribution in [0.5, 0.6) is 0 Å². The fourth-order valence-electron chi connectivity index (χ4n) is 3.11. The van der Waals surface area contributed by atoms with E-state index in [2.05, 4.69) is 10.3 Å². The van der Waals surface area contributed by atoms with E-state index in [4.69, 9.17) is 4.74 Å². The minimum Gasteiger partial charge on any atom is -0.389 e. The molecule has 1 aromatic heterocycles. The molecular weight excluding hydrogens is 308 g/mol. The van der Waals surface area contributed by atoms with E-state index in [0.717, 1.165) is 26.1 Å². The van der Waals surface area contributed by atoms with Crippen LogP contribution < -0.4 is 0 Å². The molecule has 2 aliphatic heterocycles. The Hall–Kier alpha value is -1.03. The van der Waals surface area contributed by atoms with Crippen molar-refractivity contribution in [1.82, 2.24) is 19.3 Å². The summed E-state index contributed by atoms with van der Waals surface area (Å²) in [4.78, 5) is 0. The third-order valence-electron chi connectivity index (χ3n) is 4.44. The molecule has 3 heterocycles. The van der Waals surface area contributed by atoms with E-state index in [1.54, 1.807) is 6.20 Å². The highest BCUT2D eigenvalue weighted by molar-refractivity contribution is 7.89. The minimum absolute atomic E-state index is 0.124. The summed E-state index contributed by atoms with van der Waals surface area (Å²) in [6, 6.07) is -0.361. The van der Waals surface area contributed by atoms with E-state index in [1.165, 1.54) is 15.2 Å². The lowest BCUT2D eigenvalue weighted by Crippen LogP contribution is -2.32. The third-order valence-corrected chi connectivity index (χ3v) is 6.33. The molecule has 8 nitrogen and oxygen atoms in total. The first-order chi connectivity index (χ1) is 10.6. The Morgan fingerprint density at radius 1 is 1.36 bits per heavy atom. The van der Waals surface area contributed by atoms with Gasteiger partial charge in [0.25, 0.3) is 0 Å². The van der Waals surface area contributed by atoms with Gasteiger partial charge in [0.15, 0.2) is 0 Å². The molecule has 124 valence electrons. The zero-order valence-electron chi connectivity index (χ0n) is 12.4. The molecule has 0 bridgehead atoms. The maximum absolute atomic E-state index is 12.4. The molecule has 0 spiro atoms. The van der Waals surface area contributed by atoms with Gasteiger partial charge in [-0.2, -0.15) is 4.31 Å². The van der Waals surface area contributed by atoms with Crippen LogP contribution in [0.2, 0.25) is 0 Å². The number of aromatic nitrogens is 3. The lowest BCUT2D eigenvalue weighted by Gasteiger charge is -2.16. The summed E-state index contributed by atoms with van der Waals surface area (Å²) in [5.41, 5.74) is 0. The molecular formula is C13H22N4O4S. The first-order valence-electron chi connectivity index (χ1n) is 7.66. The number of aliphatic hydroxyl groups is 1. The van der Waals surface area contributed by atoms with Crippen LogP contribution in [-0.2, 0) is 14.8 Å². The van der Waals surface area contributed by atoms with Gasteiger partial charge in [0.1, 0.15) is 0 Å².